The molecule has 1 aromatic rings. The minimum absolute atomic E-state index is 0.0378. The third kappa shape index (κ3) is 5.34. The Hall–Kier alpha value is -1.03. The van der Waals surface area contributed by atoms with Crippen molar-refractivity contribution in [2.24, 2.45) is 5.41 Å². The molecule has 0 unspecified atom stereocenters. The molecule has 0 saturated heterocycles. The Balaban J connectivity index is 2.67. The van der Waals surface area contributed by atoms with Crippen molar-refractivity contribution in [2.75, 3.05) is 18.5 Å². The topological polar surface area (TPSA) is 38.3 Å². The highest BCUT2D eigenvalue weighted by molar-refractivity contribution is 9.09. The van der Waals surface area contributed by atoms with Crippen LogP contribution in [0.15, 0.2) is 24.3 Å². The van der Waals surface area contributed by atoms with Gasteiger partial charge in [-0.1, -0.05) is 42.8 Å². The first-order chi connectivity index (χ1) is 10.1. The van der Waals surface area contributed by atoms with E-state index in [1.54, 1.807) is 6.07 Å². The van der Waals surface area contributed by atoms with Crippen LogP contribution >= 0.6 is 15.9 Å². The maximum Gasteiger partial charge on any atom is 0.251 e. The summed E-state index contributed by atoms with van der Waals surface area (Å²) in [5.41, 5.74) is 0.783. The van der Waals surface area contributed by atoms with Gasteiger partial charge in [-0.2, -0.15) is 0 Å². The Bertz CT molecular complexity index is 436. The minimum Gasteiger partial charge on any atom is -0.494 e. The normalized spacial score (nSPS) is 11.2. The van der Waals surface area contributed by atoms with Crippen molar-refractivity contribution in [3.63, 3.8) is 0 Å². The maximum absolute atomic E-state index is 12.3. The van der Waals surface area contributed by atoms with E-state index in [-0.39, 0.29) is 11.3 Å². The molecule has 0 saturated carbocycles. The van der Waals surface area contributed by atoms with Gasteiger partial charge in [0.25, 0.3) is 5.91 Å². The van der Waals surface area contributed by atoms with E-state index in [1.165, 1.54) is 0 Å². The first-order valence-electron chi connectivity index (χ1n) is 7.67. The monoisotopic (exact) mass is 355 g/mol. The van der Waals surface area contributed by atoms with Crippen LogP contribution in [0.2, 0.25) is 0 Å². The lowest BCUT2D eigenvalue weighted by molar-refractivity contribution is 0.0932. The van der Waals surface area contributed by atoms with E-state index in [9.17, 15) is 4.79 Å². The largest absolute Gasteiger partial charge is 0.494 e. The van der Waals surface area contributed by atoms with Crippen molar-refractivity contribution in [3.8, 4) is 5.75 Å². The molecule has 0 aliphatic heterocycles. The van der Waals surface area contributed by atoms with Crippen molar-refractivity contribution in [2.45, 2.75) is 40.0 Å². The molecule has 0 heterocycles. The number of carbonyl (C=O) groups excluding carboxylic acids is 1. The molecule has 1 amide bonds. The standard InChI is InChI=1S/C17H26BrNO2/c1-4-10-21-15-9-7-8-14(11-15)16(20)19-13-17(5-2,6-3)12-18/h7-9,11H,4-6,10,12-13H2,1-3H3,(H,19,20). The van der Waals surface area contributed by atoms with Crippen LogP contribution in [0.4, 0.5) is 0 Å². The number of nitrogens with one attached hydrogen (secondary N) is 1. The van der Waals surface area contributed by atoms with Gasteiger partial charge in [0, 0.05) is 17.4 Å². The average molecular weight is 356 g/mol. The Morgan fingerprint density at radius 1 is 1.29 bits per heavy atom. The Labute approximate surface area is 136 Å². The summed E-state index contributed by atoms with van der Waals surface area (Å²) in [5, 5.41) is 3.95. The van der Waals surface area contributed by atoms with Crippen LogP contribution in [0.25, 0.3) is 0 Å². The molecule has 0 atom stereocenters. The quantitative estimate of drug-likeness (QED) is 0.666. The zero-order valence-electron chi connectivity index (χ0n) is 13.2. The molecule has 4 heteroatoms. The Morgan fingerprint density at radius 2 is 2.00 bits per heavy atom. The van der Waals surface area contributed by atoms with Gasteiger partial charge in [0.15, 0.2) is 0 Å². The number of benzene rings is 1. The van der Waals surface area contributed by atoms with E-state index < -0.39 is 0 Å². The van der Waals surface area contributed by atoms with Gasteiger partial charge in [0.05, 0.1) is 6.61 Å². The second-order valence-electron chi connectivity index (χ2n) is 5.40. The summed E-state index contributed by atoms with van der Waals surface area (Å²) in [7, 11) is 0. The van der Waals surface area contributed by atoms with Gasteiger partial charge in [-0.05, 0) is 42.9 Å². The van der Waals surface area contributed by atoms with Crippen LogP contribution in [0, 0.1) is 5.41 Å². The second-order valence-corrected chi connectivity index (χ2v) is 5.96. The summed E-state index contributed by atoms with van der Waals surface area (Å²) in [6, 6.07) is 7.37. The van der Waals surface area contributed by atoms with Crippen LogP contribution < -0.4 is 10.1 Å². The van der Waals surface area contributed by atoms with Gasteiger partial charge in [-0.25, -0.2) is 0 Å². The number of rotatable bonds is 9. The number of hydrogen-bond donors (Lipinski definition) is 1. The lowest BCUT2D eigenvalue weighted by atomic mass is 9.84. The zero-order chi connectivity index (χ0) is 15.7. The molecule has 0 spiro atoms. The summed E-state index contributed by atoms with van der Waals surface area (Å²) in [6.45, 7) is 7.74. The van der Waals surface area contributed by atoms with E-state index in [0.29, 0.717) is 18.7 Å². The molecule has 0 fully saturated rings. The Morgan fingerprint density at radius 3 is 2.57 bits per heavy atom. The SMILES string of the molecule is CCCOc1cccc(C(=O)NCC(CC)(CC)CBr)c1. The number of hydrogen-bond acceptors (Lipinski definition) is 2. The molecule has 1 aromatic carbocycles. The Kier molecular flexibility index (Phi) is 7.79. The maximum atomic E-state index is 12.3. The van der Waals surface area contributed by atoms with Crippen molar-refractivity contribution in [1.82, 2.24) is 5.32 Å². The number of halogens is 1. The molecule has 0 aliphatic rings. The smallest absolute Gasteiger partial charge is 0.251 e. The van der Waals surface area contributed by atoms with E-state index >= 15 is 0 Å². The lowest BCUT2D eigenvalue weighted by Gasteiger charge is -2.29. The van der Waals surface area contributed by atoms with Gasteiger partial charge in [-0.3, -0.25) is 4.79 Å². The van der Waals surface area contributed by atoms with Gasteiger partial charge >= 0.3 is 0 Å². The fraction of sp³-hybridized carbons (Fsp3) is 0.588. The lowest BCUT2D eigenvalue weighted by Crippen LogP contribution is -2.38. The minimum atomic E-state index is -0.0378. The first-order valence-corrected chi connectivity index (χ1v) is 8.80. The van der Waals surface area contributed by atoms with E-state index in [1.807, 2.05) is 18.2 Å². The van der Waals surface area contributed by atoms with Gasteiger partial charge in [0.1, 0.15) is 5.75 Å². The van der Waals surface area contributed by atoms with Gasteiger partial charge in [-0.15, -0.1) is 0 Å². The van der Waals surface area contributed by atoms with Crippen molar-refractivity contribution in [3.05, 3.63) is 29.8 Å². The summed E-state index contributed by atoms with van der Waals surface area (Å²) in [5.74, 6) is 0.714. The summed E-state index contributed by atoms with van der Waals surface area (Å²) < 4.78 is 5.57. The number of alkyl halides is 1. The van der Waals surface area contributed by atoms with Crippen LogP contribution in [0.5, 0.6) is 5.75 Å². The van der Waals surface area contributed by atoms with Crippen LogP contribution in [0.1, 0.15) is 50.4 Å². The highest BCUT2D eigenvalue weighted by Crippen LogP contribution is 2.27. The number of carbonyl (C=O) groups is 1. The van der Waals surface area contributed by atoms with Crippen molar-refractivity contribution in [1.29, 1.82) is 0 Å². The fourth-order valence-electron chi connectivity index (χ4n) is 2.05. The highest BCUT2D eigenvalue weighted by atomic mass is 79.9. The summed E-state index contributed by atoms with van der Waals surface area (Å²) in [4.78, 5) is 12.3. The molecular weight excluding hydrogens is 330 g/mol. The van der Waals surface area contributed by atoms with Crippen LogP contribution in [-0.2, 0) is 0 Å². The predicted molar refractivity (Wildman–Crippen MR) is 91.4 cm³/mol. The van der Waals surface area contributed by atoms with Crippen LogP contribution in [-0.4, -0.2) is 24.4 Å². The van der Waals surface area contributed by atoms with Crippen molar-refractivity contribution < 1.29 is 9.53 Å². The number of amides is 1. The molecule has 0 aromatic heterocycles. The van der Waals surface area contributed by atoms with E-state index in [4.69, 9.17) is 4.74 Å². The van der Waals surface area contributed by atoms with Gasteiger partial charge in [0.2, 0.25) is 0 Å². The van der Waals surface area contributed by atoms with Gasteiger partial charge < -0.3 is 10.1 Å². The molecule has 0 bridgehead atoms. The third-order valence-corrected chi connectivity index (χ3v) is 5.17. The van der Waals surface area contributed by atoms with E-state index in [0.717, 1.165) is 30.3 Å². The molecule has 3 nitrogen and oxygen atoms in total. The molecular formula is C17H26BrNO2. The molecule has 0 radical (unpaired) electrons. The zero-order valence-corrected chi connectivity index (χ0v) is 14.8. The number of ether oxygens (including phenoxy) is 1. The first kappa shape index (κ1) is 18.0. The molecule has 0 aliphatic carbocycles. The fourth-order valence-corrected chi connectivity index (χ4v) is 3.04. The average Bonchev–Trinajstić information content (AvgIpc) is 2.54. The summed E-state index contributed by atoms with van der Waals surface area (Å²) >= 11 is 3.57. The molecule has 1 rings (SSSR count). The molecule has 118 valence electrons. The summed E-state index contributed by atoms with van der Waals surface area (Å²) in [6.07, 6.45) is 3.03. The second kappa shape index (κ2) is 9.08. The van der Waals surface area contributed by atoms with E-state index in [2.05, 4.69) is 42.0 Å². The molecule has 1 N–H and O–H groups in total. The molecule has 21 heavy (non-hydrogen) atoms. The highest BCUT2D eigenvalue weighted by Gasteiger charge is 2.25. The van der Waals surface area contributed by atoms with Crippen molar-refractivity contribution >= 4 is 21.8 Å². The predicted octanol–water partition coefficient (Wildman–Crippen LogP) is 4.41. The third-order valence-electron chi connectivity index (χ3n) is 3.98. The van der Waals surface area contributed by atoms with Crippen LogP contribution in [0.3, 0.4) is 0 Å².